The van der Waals surface area contributed by atoms with Gasteiger partial charge in [0.15, 0.2) is 6.61 Å². The molecule has 0 aliphatic rings. The summed E-state index contributed by atoms with van der Waals surface area (Å²) in [6, 6.07) is 7.86. The topological polar surface area (TPSA) is 55.4 Å². The third-order valence-electron chi connectivity index (χ3n) is 3.28. The van der Waals surface area contributed by atoms with Crippen LogP contribution in [0.5, 0.6) is 0 Å². The minimum atomic E-state index is -0.516. The quantitative estimate of drug-likeness (QED) is 0.620. The molecule has 1 N–H and O–H groups in total. The first-order valence-electron chi connectivity index (χ1n) is 7.26. The summed E-state index contributed by atoms with van der Waals surface area (Å²) in [4.78, 5) is 23.2. The SMILES string of the molecule is CCC(CC)NC(=O)COC(=O)/C=C/c1ccccc1C. The van der Waals surface area contributed by atoms with Crippen LogP contribution in [0, 0.1) is 6.92 Å². The molecule has 1 amide bonds. The number of carbonyl (C=O) groups is 2. The van der Waals surface area contributed by atoms with Crippen molar-refractivity contribution in [3.05, 3.63) is 41.5 Å². The van der Waals surface area contributed by atoms with Crippen LogP contribution in [0.15, 0.2) is 30.3 Å². The molecule has 0 heterocycles. The predicted molar refractivity (Wildman–Crippen MR) is 83.7 cm³/mol. The number of nitrogens with one attached hydrogen (secondary N) is 1. The Kier molecular flexibility index (Phi) is 7.23. The molecule has 0 bridgehead atoms. The van der Waals surface area contributed by atoms with Crippen LogP contribution in [0.3, 0.4) is 0 Å². The Bertz CT molecular complexity index is 505. The fraction of sp³-hybridized carbons (Fsp3) is 0.412. The molecule has 0 aliphatic heterocycles. The normalized spacial score (nSPS) is 10.9. The number of amides is 1. The van der Waals surface area contributed by atoms with Gasteiger partial charge in [0, 0.05) is 12.1 Å². The zero-order chi connectivity index (χ0) is 15.7. The summed E-state index contributed by atoms with van der Waals surface area (Å²) in [5.41, 5.74) is 2.03. The summed E-state index contributed by atoms with van der Waals surface area (Å²) in [6.45, 7) is 5.73. The van der Waals surface area contributed by atoms with Gasteiger partial charge in [-0.25, -0.2) is 4.79 Å². The number of benzene rings is 1. The first-order chi connectivity index (χ1) is 10.1. The van der Waals surface area contributed by atoms with Gasteiger partial charge in [-0.15, -0.1) is 0 Å². The number of ether oxygens (including phenoxy) is 1. The van der Waals surface area contributed by atoms with E-state index in [2.05, 4.69) is 5.32 Å². The molecule has 0 aliphatic carbocycles. The fourth-order valence-electron chi connectivity index (χ4n) is 1.88. The molecule has 0 spiro atoms. The van der Waals surface area contributed by atoms with Gasteiger partial charge in [-0.2, -0.15) is 0 Å². The Labute approximate surface area is 126 Å². The van der Waals surface area contributed by atoms with Crippen molar-refractivity contribution in [2.24, 2.45) is 0 Å². The van der Waals surface area contributed by atoms with Gasteiger partial charge in [0.1, 0.15) is 0 Å². The number of carbonyl (C=O) groups excluding carboxylic acids is 2. The highest BCUT2D eigenvalue weighted by molar-refractivity contribution is 5.89. The molecule has 0 saturated heterocycles. The summed E-state index contributed by atoms with van der Waals surface area (Å²) in [5, 5.41) is 2.81. The Balaban J connectivity index is 2.41. The lowest BCUT2D eigenvalue weighted by atomic mass is 10.1. The molecule has 0 saturated carbocycles. The molecule has 1 rings (SSSR count). The largest absolute Gasteiger partial charge is 0.452 e. The van der Waals surface area contributed by atoms with Gasteiger partial charge in [0.05, 0.1) is 0 Å². The van der Waals surface area contributed by atoms with Gasteiger partial charge in [-0.3, -0.25) is 4.79 Å². The van der Waals surface area contributed by atoms with E-state index in [1.54, 1.807) is 6.08 Å². The van der Waals surface area contributed by atoms with Crippen molar-refractivity contribution in [2.75, 3.05) is 6.61 Å². The number of esters is 1. The van der Waals surface area contributed by atoms with E-state index in [1.165, 1.54) is 6.08 Å². The van der Waals surface area contributed by atoms with Crippen molar-refractivity contribution in [3.63, 3.8) is 0 Å². The maximum atomic E-state index is 11.6. The van der Waals surface area contributed by atoms with E-state index in [0.717, 1.165) is 24.0 Å². The first kappa shape index (κ1) is 17.0. The summed E-state index contributed by atoms with van der Waals surface area (Å²) in [6.07, 6.45) is 4.76. The van der Waals surface area contributed by atoms with Crippen molar-refractivity contribution < 1.29 is 14.3 Å². The Hall–Kier alpha value is -2.10. The third-order valence-corrected chi connectivity index (χ3v) is 3.28. The van der Waals surface area contributed by atoms with E-state index in [4.69, 9.17) is 4.74 Å². The lowest BCUT2D eigenvalue weighted by Gasteiger charge is -2.14. The lowest BCUT2D eigenvalue weighted by molar-refractivity contribution is -0.144. The fourth-order valence-corrected chi connectivity index (χ4v) is 1.88. The van der Waals surface area contributed by atoms with E-state index >= 15 is 0 Å². The molecular weight excluding hydrogens is 266 g/mol. The van der Waals surface area contributed by atoms with Crippen molar-refractivity contribution >= 4 is 18.0 Å². The monoisotopic (exact) mass is 289 g/mol. The highest BCUT2D eigenvalue weighted by atomic mass is 16.5. The Morgan fingerprint density at radius 2 is 1.90 bits per heavy atom. The first-order valence-corrected chi connectivity index (χ1v) is 7.26. The molecule has 0 unspecified atom stereocenters. The molecule has 0 aromatic heterocycles. The summed E-state index contributed by atoms with van der Waals surface area (Å²) < 4.78 is 4.92. The third kappa shape index (κ3) is 6.25. The number of aryl methyl sites for hydroxylation is 1. The van der Waals surface area contributed by atoms with Crippen LogP contribution in [0.2, 0.25) is 0 Å². The van der Waals surface area contributed by atoms with Gasteiger partial charge in [-0.1, -0.05) is 38.1 Å². The second kappa shape index (κ2) is 8.95. The molecular formula is C17H23NO3. The maximum Gasteiger partial charge on any atom is 0.331 e. The van der Waals surface area contributed by atoms with Crippen molar-refractivity contribution in [2.45, 2.75) is 39.7 Å². The van der Waals surface area contributed by atoms with Crippen LogP contribution in [0.25, 0.3) is 6.08 Å². The predicted octanol–water partition coefficient (Wildman–Crippen LogP) is 2.86. The molecule has 0 atom stereocenters. The molecule has 1 aromatic carbocycles. The van der Waals surface area contributed by atoms with Crippen LogP contribution < -0.4 is 5.32 Å². The standard InChI is InChI=1S/C17H23NO3/c1-4-15(5-2)18-16(19)12-21-17(20)11-10-14-9-7-6-8-13(14)3/h6-11,15H,4-5,12H2,1-3H3,(H,18,19)/b11-10+. The smallest absolute Gasteiger partial charge is 0.331 e. The van der Waals surface area contributed by atoms with Crippen molar-refractivity contribution in [3.8, 4) is 0 Å². The van der Waals surface area contributed by atoms with E-state index in [9.17, 15) is 9.59 Å². The highest BCUT2D eigenvalue weighted by Gasteiger charge is 2.09. The zero-order valence-electron chi connectivity index (χ0n) is 12.9. The van der Waals surface area contributed by atoms with Gasteiger partial charge in [0.2, 0.25) is 0 Å². The molecule has 114 valence electrons. The second-order valence-electron chi connectivity index (χ2n) is 4.88. The van der Waals surface area contributed by atoms with E-state index in [0.29, 0.717) is 0 Å². The summed E-state index contributed by atoms with van der Waals surface area (Å²) >= 11 is 0. The number of rotatable bonds is 7. The second-order valence-corrected chi connectivity index (χ2v) is 4.88. The zero-order valence-corrected chi connectivity index (χ0v) is 12.9. The average Bonchev–Trinajstić information content (AvgIpc) is 2.49. The Morgan fingerprint density at radius 3 is 2.52 bits per heavy atom. The van der Waals surface area contributed by atoms with E-state index < -0.39 is 5.97 Å². The minimum Gasteiger partial charge on any atom is -0.452 e. The van der Waals surface area contributed by atoms with Crippen LogP contribution >= 0.6 is 0 Å². The molecule has 0 fully saturated rings. The lowest BCUT2D eigenvalue weighted by Crippen LogP contribution is -2.36. The van der Waals surface area contributed by atoms with Crippen LogP contribution in [-0.2, 0) is 14.3 Å². The molecule has 1 aromatic rings. The van der Waals surface area contributed by atoms with E-state index in [1.807, 2.05) is 45.0 Å². The molecule has 4 heteroatoms. The van der Waals surface area contributed by atoms with Gasteiger partial charge in [0.25, 0.3) is 5.91 Å². The average molecular weight is 289 g/mol. The maximum absolute atomic E-state index is 11.6. The van der Waals surface area contributed by atoms with Crippen LogP contribution in [0.1, 0.15) is 37.8 Å². The highest BCUT2D eigenvalue weighted by Crippen LogP contribution is 2.08. The van der Waals surface area contributed by atoms with Crippen LogP contribution in [0.4, 0.5) is 0 Å². The Morgan fingerprint density at radius 1 is 1.24 bits per heavy atom. The number of hydrogen-bond acceptors (Lipinski definition) is 3. The van der Waals surface area contributed by atoms with Gasteiger partial charge < -0.3 is 10.1 Å². The van der Waals surface area contributed by atoms with Gasteiger partial charge in [-0.05, 0) is 37.0 Å². The number of hydrogen-bond donors (Lipinski definition) is 1. The molecule has 0 radical (unpaired) electrons. The van der Waals surface area contributed by atoms with E-state index in [-0.39, 0.29) is 18.6 Å². The summed E-state index contributed by atoms with van der Waals surface area (Å²) in [5.74, 6) is -0.778. The van der Waals surface area contributed by atoms with Crippen molar-refractivity contribution in [1.29, 1.82) is 0 Å². The van der Waals surface area contributed by atoms with Crippen LogP contribution in [-0.4, -0.2) is 24.5 Å². The molecule has 4 nitrogen and oxygen atoms in total. The minimum absolute atomic E-state index is 0.138. The molecule has 21 heavy (non-hydrogen) atoms. The van der Waals surface area contributed by atoms with Crippen molar-refractivity contribution in [1.82, 2.24) is 5.32 Å². The van der Waals surface area contributed by atoms with Gasteiger partial charge >= 0.3 is 5.97 Å². The summed E-state index contributed by atoms with van der Waals surface area (Å²) in [7, 11) is 0.